The second kappa shape index (κ2) is 4.69. The Kier molecular flexibility index (Phi) is 3.43. The lowest BCUT2D eigenvalue weighted by atomic mass is 9.69. The third-order valence-electron chi connectivity index (χ3n) is 3.80. The SMILES string of the molecule is NCC1(c2cc(F)c(F)c(F)c2)CCCCC1. The van der Waals surface area contributed by atoms with Crippen LogP contribution in [-0.2, 0) is 5.41 Å². The average molecular weight is 243 g/mol. The maximum absolute atomic E-state index is 13.2. The van der Waals surface area contributed by atoms with Crippen molar-refractivity contribution < 1.29 is 13.2 Å². The number of hydrogen-bond acceptors (Lipinski definition) is 1. The zero-order valence-electron chi connectivity index (χ0n) is 9.61. The van der Waals surface area contributed by atoms with Gasteiger partial charge in [-0.1, -0.05) is 19.3 Å². The van der Waals surface area contributed by atoms with Crippen molar-refractivity contribution in [3.8, 4) is 0 Å². The van der Waals surface area contributed by atoms with Crippen LogP contribution < -0.4 is 5.73 Å². The van der Waals surface area contributed by atoms with Crippen LogP contribution in [0.15, 0.2) is 12.1 Å². The van der Waals surface area contributed by atoms with Gasteiger partial charge < -0.3 is 5.73 Å². The Morgan fingerprint density at radius 1 is 1.00 bits per heavy atom. The largest absolute Gasteiger partial charge is 0.330 e. The van der Waals surface area contributed by atoms with Gasteiger partial charge in [0.25, 0.3) is 0 Å². The molecule has 1 saturated carbocycles. The maximum atomic E-state index is 13.2. The quantitative estimate of drug-likeness (QED) is 0.793. The van der Waals surface area contributed by atoms with Gasteiger partial charge in [-0.15, -0.1) is 0 Å². The minimum absolute atomic E-state index is 0.345. The molecule has 0 heterocycles. The molecule has 0 bridgehead atoms. The zero-order valence-corrected chi connectivity index (χ0v) is 9.61. The summed E-state index contributed by atoms with van der Waals surface area (Å²) in [6, 6.07) is 2.19. The van der Waals surface area contributed by atoms with Gasteiger partial charge in [-0.2, -0.15) is 0 Å². The first-order valence-electron chi connectivity index (χ1n) is 5.94. The Balaban J connectivity index is 2.43. The molecule has 0 atom stereocenters. The lowest BCUT2D eigenvalue weighted by Crippen LogP contribution is -2.37. The van der Waals surface area contributed by atoms with E-state index in [0.717, 1.165) is 44.2 Å². The summed E-state index contributed by atoms with van der Waals surface area (Å²) in [6.07, 6.45) is 4.74. The van der Waals surface area contributed by atoms with E-state index in [1.54, 1.807) is 0 Å². The third-order valence-corrected chi connectivity index (χ3v) is 3.80. The van der Waals surface area contributed by atoms with Crippen LogP contribution >= 0.6 is 0 Å². The number of halogens is 3. The highest BCUT2D eigenvalue weighted by atomic mass is 19.2. The van der Waals surface area contributed by atoms with E-state index in [-0.39, 0.29) is 5.41 Å². The van der Waals surface area contributed by atoms with Gasteiger partial charge in [0.05, 0.1) is 0 Å². The van der Waals surface area contributed by atoms with E-state index < -0.39 is 17.5 Å². The summed E-state index contributed by atoms with van der Waals surface area (Å²) >= 11 is 0. The van der Waals surface area contributed by atoms with Gasteiger partial charge in [0.15, 0.2) is 17.5 Å². The van der Waals surface area contributed by atoms with Gasteiger partial charge in [-0.25, -0.2) is 13.2 Å². The first kappa shape index (κ1) is 12.4. The molecule has 94 valence electrons. The van der Waals surface area contributed by atoms with Crippen LogP contribution in [0.1, 0.15) is 37.7 Å². The third kappa shape index (κ3) is 2.18. The van der Waals surface area contributed by atoms with Gasteiger partial charge in [0.2, 0.25) is 0 Å². The molecule has 0 spiro atoms. The van der Waals surface area contributed by atoms with Crippen molar-refractivity contribution in [3.63, 3.8) is 0 Å². The number of rotatable bonds is 2. The predicted molar refractivity (Wildman–Crippen MR) is 60.1 cm³/mol. The smallest absolute Gasteiger partial charge is 0.194 e. The fourth-order valence-corrected chi connectivity index (χ4v) is 2.70. The molecule has 2 rings (SSSR count). The van der Waals surface area contributed by atoms with Crippen LogP contribution in [0.4, 0.5) is 13.2 Å². The van der Waals surface area contributed by atoms with Crippen molar-refractivity contribution in [2.75, 3.05) is 6.54 Å². The van der Waals surface area contributed by atoms with Crippen molar-refractivity contribution in [1.29, 1.82) is 0 Å². The van der Waals surface area contributed by atoms with Crippen molar-refractivity contribution >= 4 is 0 Å². The Hall–Kier alpha value is -1.03. The highest BCUT2D eigenvalue weighted by molar-refractivity contribution is 5.29. The van der Waals surface area contributed by atoms with Crippen LogP contribution in [0.3, 0.4) is 0 Å². The van der Waals surface area contributed by atoms with Crippen molar-refractivity contribution in [2.24, 2.45) is 5.73 Å². The molecule has 0 unspecified atom stereocenters. The van der Waals surface area contributed by atoms with Crippen LogP contribution in [0, 0.1) is 17.5 Å². The van der Waals surface area contributed by atoms with Gasteiger partial charge in [-0.3, -0.25) is 0 Å². The summed E-state index contributed by atoms with van der Waals surface area (Å²) in [7, 11) is 0. The Morgan fingerprint density at radius 2 is 1.53 bits per heavy atom. The maximum Gasteiger partial charge on any atom is 0.194 e. The minimum atomic E-state index is -1.41. The second-order valence-corrected chi connectivity index (χ2v) is 4.80. The first-order valence-corrected chi connectivity index (χ1v) is 5.94. The normalized spacial score (nSPS) is 19.3. The highest BCUT2D eigenvalue weighted by Gasteiger charge is 2.33. The molecule has 0 aliphatic heterocycles. The minimum Gasteiger partial charge on any atom is -0.330 e. The number of benzene rings is 1. The topological polar surface area (TPSA) is 26.0 Å². The molecule has 4 heteroatoms. The molecule has 0 amide bonds. The molecule has 1 aliphatic carbocycles. The van der Waals surface area contributed by atoms with E-state index in [1.807, 2.05) is 0 Å². The molecule has 1 aromatic rings. The molecule has 1 nitrogen and oxygen atoms in total. The monoisotopic (exact) mass is 243 g/mol. The molecule has 2 N–H and O–H groups in total. The zero-order chi connectivity index (χ0) is 12.5. The summed E-state index contributed by atoms with van der Waals surface area (Å²) in [4.78, 5) is 0. The lowest BCUT2D eigenvalue weighted by Gasteiger charge is -2.36. The molecular weight excluding hydrogens is 227 g/mol. The Bertz CT molecular complexity index is 388. The van der Waals surface area contributed by atoms with Gasteiger partial charge in [0.1, 0.15) is 0 Å². The van der Waals surface area contributed by atoms with Crippen LogP contribution in [0.5, 0.6) is 0 Å². The Morgan fingerprint density at radius 3 is 2.00 bits per heavy atom. The van der Waals surface area contributed by atoms with Crippen LogP contribution in [0.25, 0.3) is 0 Å². The van der Waals surface area contributed by atoms with Crippen LogP contribution in [-0.4, -0.2) is 6.54 Å². The van der Waals surface area contributed by atoms with E-state index in [1.165, 1.54) is 0 Å². The van der Waals surface area contributed by atoms with Gasteiger partial charge in [-0.05, 0) is 30.5 Å². The van der Waals surface area contributed by atoms with E-state index in [4.69, 9.17) is 5.73 Å². The van der Waals surface area contributed by atoms with E-state index >= 15 is 0 Å². The van der Waals surface area contributed by atoms with Crippen molar-refractivity contribution in [1.82, 2.24) is 0 Å². The summed E-state index contributed by atoms with van der Waals surface area (Å²) in [5, 5.41) is 0. The average Bonchev–Trinajstić information content (AvgIpc) is 2.36. The molecule has 0 radical (unpaired) electrons. The molecule has 0 saturated heterocycles. The molecule has 1 fully saturated rings. The fourth-order valence-electron chi connectivity index (χ4n) is 2.70. The molecule has 1 aromatic carbocycles. The molecule has 17 heavy (non-hydrogen) atoms. The molecule has 1 aliphatic rings. The summed E-state index contributed by atoms with van der Waals surface area (Å²) in [6.45, 7) is 0.345. The van der Waals surface area contributed by atoms with Crippen molar-refractivity contribution in [2.45, 2.75) is 37.5 Å². The van der Waals surface area contributed by atoms with Gasteiger partial charge in [0, 0.05) is 12.0 Å². The first-order chi connectivity index (χ1) is 8.09. The fraction of sp³-hybridized carbons (Fsp3) is 0.538. The summed E-state index contributed by atoms with van der Waals surface area (Å²) < 4.78 is 39.4. The van der Waals surface area contributed by atoms with E-state index in [2.05, 4.69) is 0 Å². The summed E-state index contributed by atoms with van der Waals surface area (Å²) in [5.41, 5.74) is 5.88. The van der Waals surface area contributed by atoms with Crippen molar-refractivity contribution in [3.05, 3.63) is 35.1 Å². The van der Waals surface area contributed by atoms with Crippen LogP contribution in [0.2, 0.25) is 0 Å². The highest BCUT2D eigenvalue weighted by Crippen LogP contribution is 2.39. The standard InChI is InChI=1S/C13H16F3N/c14-10-6-9(7-11(15)12(10)16)13(8-17)4-2-1-3-5-13/h6-7H,1-5,8,17H2. The molecule has 0 aromatic heterocycles. The Labute approximate surface area is 98.8 Å². The number of hydrogen-bond donors (Lipinski definition) is 1. The van der Waals surface area contributed by atoms with Gasteiger partial charge >= 0.3 is 0 Å². The summed E-state index contributed by atoms with van der Waals surface area (Å²) in [5.74, 6) is -3.66. The second-order valence-electron chi connectivity index (χ2n) is 4.80. The van der Waals surface area contributed by atoms with E-state index in [0.29, 0.717) is 12.1 Å². The predicted octanol–water partition coefficient (Wildman–Crippen LogP) is 3.26. The molecular formula is C13H16F3N. The number of nitrogens with two attached hydrogens (primary N) is 1. The lowest BCUT2D eigenvalue weighted by molar-refractivity contribution is 0.297. The van der Waals surface area contributed by atoms with E-state index in [9.17, 15) is 13.2 Å².